The molecule has 6 nitrogen and oxygen atoms in total. The molecule has 6 heteroatoms. The van der Waals surface area contributed by atoms with Gasteiger partial charge in [-0.05, 0) is 25.8 Å². The average molecular weight is 286 g/mol. The number of esters is 1. The SMILES string of the molecule is CCOC(=O)C(/C=C(\C)C=O)C(O)CC1OCCCO1. The molecule has 114 valence electrons. The molecular weight excluding hydrogens is 264 g/mol. The molecule has 0 amide bonds. The third-order valence-electron chi connectivity index (χ3n) is 2.93. The highest BCUT2D eigenvalue weighted by Gasteiger charge is 2.30. The first-order valence-corrected chi connectivity index (χ1v) is 6.80. The number of hydrogen-bond donors (Lipinski definition) is 1. The lowest BCUT2D eigenvalue weighted by molar-refractivity contribution is -0.194. The largest absolute Gasteiger partial charge is 0.465 e. The molecule has 0 aromatic carbocycles. The second-order valence-electron chi connectivity index (χ2n) is 4.63. The number of carbonyl (C=O) groups is 2. The van der Waals surface area contributed by atoms with E-state index in [1.165, 1.54) is 6.08 Å². The van der Waals surface area contributed by atoms with Crippen molar-refractivity contribution < 1.29 is 28.9 Å². The third-order valence-corrected chi connectivity index (χ3v) is 2.93. The number of aliphatic hydroxyl groups is 1. The Morgan fingerprint density at radius 3 is 2.65 bits per heavy atom. The van der Waals surface area contributed by atoms with Crippen molar-refractivity contribution in [3.8, 4) is 0 Å². The van der Waals surface area contributed by atoms with E-state index < -0.39 is 24.3 Å². The van der Waals surface area contributed by atoms with Gasteiger partial charge in [-0.15, -0.1) is 0 Å². The second-order valence-corrected chi connectivity index (χ2v) is 4.63. The monoisotopic (exact) mass is 286 g/mol. The van der Waals surface area contributed by atoms with Crippen LogP contribution >= 0.6 is 0 Å². The minimum absolute atomic E-state index is 0.159. The topological polar surface area (TPSA) is 82.1 Å². The van der Waals surface area contributed by atoms with Crippen molar-refractivity contribution in [3.63, 3.8) is 0 Å². The summed E-state index contributed by atoms with van der Waals surface area (Å²) in [5.74, 6) is -1.45. The first kappa shape index (κ1) is 16.8. The zero-order chi connectivity index (χ0) is 15.0. The average Bonchev–Trinajstić information content (AvgIpc) is 2.45. The van der Waals surface area contributed by atoms with E-state index in [0.29, 0.717) is 25.1 Å². The third kappa shape index (κ3) is 5.40. The maximum absolute atomic E-state index is 11.9. The molecule has 20 heavy (non-hydrogen) atoms. The summed E-state index contributed by atoms with van der Waals surface area (Å²) < 4.78 is 15.6. The summed E-state index contributed by atoms with van der Waals surface area (Å²) in [6.07, 6.45) is 1.47. The smallest absolute Gasteiger partial charge is 0.315 e. The number of aliphatic hydroxyl groups excluding tert-OH is 1. The molecule has 1 aliphatic rings. The van der Waals surface area contributed by atoms with Gasteiger partial charge in [0.2, 0.25) is 0 Å². The van der Waals surface area contributed by atoms with Gasteiger partial charge in [0, 0.05) is 6.42 Å². The molecule has 2 atom stereocenters. The van der Waals surface area contributed by atoms with E-state index in [-0.39, 0.29) is 13.0 Å². The Kier molecular flexibility index (Phi) is 7.43. The predicted octanol–water partition coefficient (Wildman–Crippen LogP) is 0.825. The fraction of sp³-hybridized carbons (Fsp3) is 0.714. The van der Waals surface area contributed by atoms with Crippen LogP contribution in [0.4, 0.5) is 0 Å². The Bertz CT molecular complexity index is 346. The van der Waals surface area contributed by atoms with Crippen LogP contribution < -0.4 is 0 Å². The standard InChI is InChI=1S/C14H22O6/c1-3-18-14(17)11(7-10(2)9-15)12(16)8-13-19-5-4-6-20-13/h7,9,11-13,16H,3-6,8H2,1-2H3/b10-7+. The first-order chi connectivity index (χ1) is 9.58. The quantitative estimate of drug-likeness (QED) is 0.424. The number of aldehydes is 1. The van der Waals surface area contributed by atoms with Crippen molar-refractivity contribution in [2.75, 3.05) is 19.8 Å². The van der Waals surface area contributed by atoms with E-state index in [1.807, 2.05) is 0 Å². The van der Waals surface area contributed by atoms with Crippen LogP contribution in [0, 0.1) is 5.92 Å². The van der Waals surface area contributed by atoms with Crippen molar-refractivity contribution in [2.24, 2.45) is 5.92 Å². The van der Waals surface area contributed by atoms with E-state index in [0.717, 1.165) is 6.42 Å². The van der Waals surface area contributed by atoms with Crippen LogP contribution in [0.5, 0.6) is 0 Å². The number of rotatable bonds is 7. The Balaban J connectivity index is 2.69. The molecule has 0 saturated carbocycles. The maximum Gasteiger partial charge on any atom is 0.315 e. The highest BCUT2D eigenvalue weighted by molar-refractivity contribution is 5.79. The molecule has 0 aliphatic carbocycles. The minimum Gasteiger partial charge on any atom is -0.465 e. The van der Waals surface area contributed by atoms with Crippen LogP contribution in [0.2, 0.25) is 0 Å². The van der Waals surface area contributed by atoms with Crippen molar-refractivity contribution in [1.29, 1.82) is 0 Å². The lowest BCUT2D eigenvalue weighted by Gasteiger charge is -2.27. The van der Waals surface area contributed by atoms with Crippen molar-refractivity contribution in [1.82, 2.24) is 0 Å². The highest BCUT2D eigenvalue weighted by Crippen LogP contribution is 2.19. The van der Waals surface area contributed by atoms with Crippen LogP contribution in [0.15, 0.2) is 11.6 Å². The maximum atomic E-state index is 11.9. The van der Waals surface area contributed by atoms with E-state index in [1.54, 1.807) is 13.8 Å². The molecule has 1 rings (SSSR count). The van der Waals surface area contributed by atoms with Crippen LogP contribution in [-0.2, 0) is 23.8 Å². The van der Waals surface area contributed by atoms with Crippen molar-refractivity contribution in [2.45, 2.75) is 39.1 Å². The lowest BCUT2D eigenvalue weighted by Crippen LogP contribution is -2.35. The molecule has 0 radical (unpaired) electrons. The highest BCUT2D eigenvalue weighted by atomic mass is 16.7. The van der Waals surface area contributed by atoms with Gasteiger partial charge in [-0.1, -0.05) is 6.08 Å². The molecule has 1 saturated heterocycles. The van der Waals surface area contributed by atoms with Crippen LogP contribution in [0.1, 0.15) is 26.7 Å². The Hall–Kier alpha value is -1.24. The van der Waals surface area contributed by atoms with Gasteiger partial charge in [-0.3, -0.25) is 9.59 Å². The molecule has 0 aromatic rings. The molecule has 0 spiro atoms. The molecule has 1 fully saturated rings. The Morgan fingerprint density at radius 1 is 1.45 bits per heavy atom. The van der Waals surface area contributed by atoms with E-state index in [4.69, 9.17) is 14.2 Å². The van der Waals surface area contributed by atoms with Crippen LogP contribution in [-0.4, -0.2) is 49.6 Å². The number of ether oxygens (including phenoxy) is 3. The summed E-state index contributed by atoms with van der Waals surface area (Å²) in [4.78, 5) is 22.5. The molecule has 1 heterocycles. The van der Waals surface area contributed by atoms with Gasteiger partial charge in [-0.25, -0.2) is 0 Å². The Labute approximate surface area is 118 Å². The summed E-state index contributed by atoms with van der Waals surface area (Å²) in [5.41, 5.74) is 0.368. The van der Waals surface area contributed by atoms with Gasteiger partial charge >= 0.3 is 5.97 Å². The van der Waals surface area contributed by atoms with E-state index >= 15 is 0 Å². The molecule has 1 aliphatic heterocycles. The van der Waals surface area contributed by atoms with Gasteiger partial charge < -0.3 is 19.3 Å². The Morgan fingerprint density at radius 2 is 2.10 bits per heavy atom. The van der Waals surface area contributed by atoms with Gasteiger partial charge in [-0.2, -0.15) is 0 Å². The van der Waals surface area contributed by atoms with Crippen molar-refractivity contribution in [3.05, 3.63) is 11.6 Å². The lowest BCUT2D eigenvalue weighted by atomic mass is 9.97. The molecule has 2 unspecified atom stereocenters. The number of allylic oxidation sites excluding steroid dienone is 1. The van der Waals surface area contributed by atoms with E-state index in [2.05, 4.69) is 0 Å². The fourth-order valence-electron chi connectivity index (χ4n) is 1.91. The first-order valence-electron chi connectivity index (χ1n) is 6.80. The van der Waals surface area contributed by atoms with Crippen LogP contribution in [0.25, 0.3) is 0 Å². The molecular formula is C14H22O6. The molecule has 1 N–H and O–H groups in total. The molecule has 0 aromatic heterocycles. The summed E-state index contributed by atoms with van der Waals surface area (Å²) in [6.45, 7) is 4.62. The van der Waals surface area contributed by atoms with Crippen molar-refractivity contribution >= 4 is 12.3 Å². The summed E-state index contributed by atoms with van der Waals surface area (Å²) in [6, 6.07) is 0. The van der Waals surface area contributed by atoms with Gasteiger partial charge in [0.1, 0.15) is 12.2 Å². The number of carbonyl (C=O) groups excluding carboxylic acids is 2. The normalized spacial score (nSPS) is 20.2. The van der Waals surface area contributed by atoms with Gasteiger partial charge in [0.25, 0.3) is 0 Å². The zero-order valence-electron chi connectivity index (χ0n) is 11.9. The van der Waals surface area contributed by atoms with E-state index in [9.17, 15) is 14.7 Å². The predicted molar refractivity (Wildman–Crippen MR) is 70.9 cm³/mol. The van der Waals surface area contributed by atoms with Gasteiger partial charge in [0.15, 0.2) is 6.29 Å². The summed E-state index contributed by atoms with van der Waals surface area (Å²) in [5, 5.41) is 10.2. The number of hydrogen-bond acceptors (Lipinski definition) is 6. The zero-order valence-corrected chi connectivity index (χ0v) is 11.9. The second kappa shape index (κ2) is 8.84. The molecule has 0 bridgehead atoms. The van der Waals surface area contributed by atoms with Gasteiger partial charge in [0.05, 0.1) is 25.9 Å². The minimum atomic E-state index is -1.02. The van der Waals surface area contributed by atoms with Crippen LogP contribution in [0.3, 0.4) is 0 Å². The fourth-order valence-corrected chi connectivity index (χ4v) is 1.91. The summed E-state index contributed by atoms with van der Waals surface area (Å²) >= 11 is 0. The summed E-state index contributed by atoms with van der Waals surface area (Å²) in [7, 11) is 0.